The molecule has 4 nitrogen and oxygen atoms in total. The molecule has 0 fully saturated rings. The van der Waals surface area contributed by atoms with Crippen molar-refractivity contribution >= 4 is 15.7 Å². The third kappa shape index (κ3) is 4.39. The quantitative estimate of drug-likeness (QED) is 0.710. The lowest BCUT2D eigenvalue weighted by molar-refractivity contribution is 0.482. The number of ether oxygens (including phenoxy) is 1. The van der Waals surface area contributed by atoms with E-state index < -0.39 is 10.0 Å². The Morgan fingerprint density at radius 3 is 1.64 bits per heavy atom. The summed E-state index contributed by atoms with van der Waals surface area (Å²) in [6, 6.07) is 21.3. The average Bonchev–Trinajstić information content (AvgIpc) is 2.59. The topological polar surface area (TPSA) is 55.4 Å². The molecule has 0 aliphatic carbocycles. The van der Waals surface area contributed by atoms with Crippen molar-refractivity contribution in [2.75, 3.05) is 4.72 Å². The Morgan fingerprint density at radius 1 is 0.680 bits per heavy atom. The number of hydrogen-bond acceptors (Lipinski definition) is 3. The summed E-state index contributed by atoms with van der Waals surface area (Å²) in [7, 11) is -3.60. The highest BCUT2D eigenvalue weighted by Crippen LogP contribution is 2.24. The first kappa shape index (κ1) is 17.0. The zero-order valence-electron chi connectivity index (χ0n) is 14.1. The van der Waals surface area contributed by atoms with Gasteiger partial charge in [0, 0.05) is 5.69 Å². The molecule has 0 saturated carbocycles. The lowest BCUT2D eigenvalue weighted by Crippen LogP contribution is -2.12. The molecule has 0 spiro atoms. The van der Waals surface area contributed by atoms with Crippen LogP contribution in [0.25, 0.3) is 0 Å². The van der Waals surface area contributed by atoms with Gasteiger partial charge in [-0.25, -0.2) is 8.42 Å². The van der Waals surface area contributed by atoms with Crippen LogP contribution in [0.4, 0.5) is 5.69 Å². The van der Waals surface area contributed by atoms with E-state index in [-0.39, 0.29) is 4.90 Å². The molecule has 3 aromatic rings. The van der Waals surface area contributed by atoms with Crippen LogP contribution >= 0.6 is 0 Å². The molecule has 0 aliphatic rings. The van der Waals surface area contributed by atoms with E-state index in [0.717, 1.165) is 16.9 Å². The summed E-state index contributed by atoms with van der Waals surface area (Å²) in [5, 5.41) is 0. The van der Waals surface area contributed by atoms with E-state index in [4.69, 9.17) is 4.74 Å². The molecule has 0 heterocycles. The molecule has 5 heteroatoms. The summed E-state index contributed by atoms with van der Waals surface area (Å²) >= 11 is 0. The number of benzene rings is 3. The molecule has 1 N–H and O–H groups in total. The normalized spacial score (nSPS) is 11.1. The van der Waals surface area contributed by atoms with Gasteiger partial charge in [0.1, 0.15) is 11.5 Å². The van der Waals surface area contributed by atoms with Crippen molar-refractivity contribution in [2.24, 2.45) is 0 Å². The standard InChI is InChI=1S/C20H19NO3S/c1-15-3-9-18(10-4-15)24-19-11-7-17(8-12-19)21-25(22,23)20-13-5-16(2)6-14-20/h3-14,21H,1-2H3. The fraction of sp³-hybridized carbons (Fsp3) is 0.100. The number of aryl methyl sites for hydroxylation is 2. The summed E-state index contributed by atoms with van der Waals surface area (Å²) < 4.78 is 33.1. The number of sulfonamides is 1. The van der Waals surface area contributed by atoms with Gasteiger partial charge in [0.05, 0.1) is 4.90 Å². The summed E-state index contributed by atoms with van der Waals surface area (Å²) in [6.45, 7) is 3.93. The summed E-state index contributed by atoms with van der Waals surface area (Å²) in [4.78, 5) is 0.234. The van der Waals surface area contributed by atoms with E-state index >= 15 is 0 Å². The van der Waals surface area contributed by atoms with E-state index in [1.807, 2.05) is 38.1 Å². The molecule has 0 bridgehead atoms. The van der Waals surface area contributed by atoms with Gasteiger partial charge in [-0.1, -0.05) is 35.4 Å². The lowest BCUT2D eigenvalue weighted by Gasteiger charge is -2.10. The molecule has 0 saturated heterocycles. The van der Waals surface area contributed by atoms with Crippen LogP contribution in [-0.4, -0.2) is 8.42 Å². The zero-order chi connectivity index (χ0) is 17.9. The van der Waals surface area contributed by atoms with Crippen LogP contribution in [-0.2, 0) is 10.0 Å². The van der Waals surface area contributed by atoms with Crippen molar-refractivity contribution < 1.29 is 13.2 Å². The van der Waals surface area contributed by atoms with E-state index in [9.17, 15) is 8.42 Å². The SMILES string of the molecule is Cc1ccc(Oc2ccc(NS(=O)(=O)c3ccc(C)cc3)cc2)cc1. The lowest BCUT2D eigenvalue weighted by atomic mass is 10.2. The summed E-state index contributed by atoms with van der Waals surface area (Å²) in [6.07, 6.45) is 0. The first-order valence-electron chi connectivity index (χ1n) is 7.86. The largest absolute Gasteiger partial charge is 0.457 e. The van der Waals surface area contributed by atoms with E-state index in [1.165, 1.54) is 0 Å². The average molecular weight is 353 g/mol. The summed E-state index contributed by atoms with van der Waals surface area (Å²) in [5.41, 5.74) is 2.65. The van der Waals surface area contributed by atoms with Crippen LogP contribution in [0.15, 0.2) is 77.7 Å². The predicted octanol–water partition coefficient (Wildman–Crippen LogP) is 4.90. The Bertz CT molecular complexity index is 945. The molecule has 128 valence electrons. The number of rotatable bonds is 5. The zero-order valence-corrected chi connectivity index (χ0v) is 14.9. The van der Waals surface area contributed by atoms with Crippen LogP contribution < -0.4 is 9.46 Å². The number of anilines is 1. The van der Waals surface area contributed by atoms with Crippen molar-refractivity contribution in [3.63, 3.8) is 0 Å². The maximum absolute atomic E-state index is 12.4. The minimum absolute atomic E-state index is 0.234. The van der Waals surface area contributed by atoms with E-state index in [1.54, 1.807) is 48.5 Å². The van der Waals surface area contributed by atoms with Gasteiger partial charge < -0.3 is 4.74 Å². The first-order valence-corrected chi connectivity index (χ1v) is 9.35. The van der Waals surface area contributed by atoms with Crippen LogP contribution in [0.3, 0.4) is 0 Å². The number of nitrogens with one attached hydrogen (secondary N) is 1. The molecule has 0 atom stereocenters. The molecular formula is C20H19NO3S. The van der Waals surface area contributed by atoms with Crippen molar-refractivity contribution in [3.05, 3.63) is 83.9 Å². The minimum Gasteiger partial charge on any atom is -0.457 e. The van der Waals surface area contributed by atoms with Crippen LogP contribution in [0.1, 0.15) is 11.1 Å². The van der Waals surface area contributed by atoms with E-state index in [2.05, 4.69) is 4.72 Å². The molecule has 3 aromatic carbocycles. The molecule has 25 heavy (non-hydrogen) atoms. The van der Waals surface area contributed by atoms with Crippen LogP contribution in [0.5, 0.6) is 11.5 Å². The Balaban J connectivity index is 1.71. The Morgan fingerprint density at radius 2 is 1.12 bits per heavy atom. The van der Waals surface area contributed by atoms with E-state index in [0.29, 0.717) is 11.4 Å². The van der Waals surface area contributed by atoms with Gasteiger partial charge in [-0.3, -0.25) is 4.72 Å². The third-order valence-electron chi connectivity index (χ3n) is 3.69. The highest BCUT2D eigenvalue weighted by atomic mass is 32.2. The maximum atomic E-state index is 12.4. The molecule has 0 radical (unpaired) electrons. The highest BCUT2D eigenvalue weighted by molar-refractivity contribution is 7.92. The molecule has 0 aromatic heterocycles. The van der Waals surface area contributed by atoms with Crippen molar-refractivity contribution in [3.8, 4) is 11.5 Å². The van der Waals surface area contributed by atoms with Gasteiger partial charge in [0.15, 0.2) is 0 Å². The van der Waals surface area contributed by atoms with Gasteiger partial charge in [0.25, 0.3) is 10.0 Å². The van der Waals surface area contributed by atoms with Crippen molar-refractivity contribution in [1.29, 1.82) is 0 Å². The maximum Gasteiger partial charge on any atom is 0.261 e. The fourth-order valence-corrected chi connectivity index (χ4v) is 3.32. The Hall–Kier alpha value is -2.79. The third-order valence-corrected chi connectivity index (χ3v) is 5.09. The van der Waals surface area contributed by atoms with Gasteiger partial charge in [-0.2, -0.15) is 0 Å². The minimum atomic E-state index is -3.60. The molecule has 3 rings (SSSR count). The molecule has 0 aliphatic heterocycles. The Kier molecular flexibility index (Phi) is 4.76. The second-order valence-electron chi connectivity index (χ2n) is 5.86. The molecule has 0 amide bonds. The van der Waals surface area contributed by atoms with Gasteiger partial charge >= 0.3 is 0 Å². The smallest absolute Gasteiger partial charge is 0.261 e. The second kappa shape index (κ2) is 6.99. The second-order valence-corrected chi connectivity index (χ2v) is 7.54. The predicted molar refractivity (Wildman–Crippen MR) is 99.7 cm³/mol. The van der Waals surface area contributed by atoms with Crippen molar-refractivity contribution in [1.82, 2.24) is 0 Å². The van der Waals surface area contributed by atoms with Gasteiger partial charge in [-0.15, -0.1) is 0 Å². The molecular weight excluding hydrogens is 334 g/mol. The monoisotopic (exact) mass is 353 g/mol. The van der Waals surface area contributed by atoms with Gasteiger partial charge in [-0.05, 0) is 62.4 Å². The Labute approximate surface area is 148 Å². The van der Waals surface area contributed by atoms with Gasteiger partial charge in [0.2, 0.25) is 0 Å². The van der Waals surface area contributed by atoms with Crippen molar-refractivity contribution in [2.45, 2.75) is 18.7 Å². The highest BCUT2D eigenvalue weighted by Gasteiger charge is 2.13. The number of hydrogen-bond donors (Lipinski definition) is 1. The first-order chi connectivity index (χ1) is 11.9. The fourth-order valence-electron chi connectivity index (χ4n) is 2.26. The van der Waals surface area contributed by atoms with Crippen LogP contribution in [0, 0.1) is 13.8 Å². The molecule has 0 unspecified atom stereocenters. The van der Waals surface area contributed by atoms with Crippen LogP contribution in [0.2, 0.25) is 0 Å². The summed E-state index contributed by atoms with van der Waals surface area (Å²) in [5.74, 6) is 1.38.